The van der Waals surface area contributed by atoms with Gasteiger partial charge >= 0.3 is 0 Å². The Bertz CT molecular complexity index is 909. The highest BCUT2D eigenvalue weighted by atomic mass is 16.7. The maximum Gasteiger partial charge on any atom is 0.238 e. The Balaban J connectivity index is 1.48. The van der Waals surface area contributed by atoms with Crippen molar-refractivity contribution in [1.29, 1.82) is 0 Å². The topological polar surface area (TPSA) is 67.9 Å². The Hall–Kier alpha value is -2.86. The first kappa shape index (κ1) is 17.5. The van der Waals surface area contributed by atoms with Gasteiger partial charge in [0.2, 0.25) is 12.7 Å². The summed E-state index contributed by atoms with van der Waals surface area (Å²) in [4.78, 5) is 26.6. The van der Waals surface area contributed by atoms with Crippen LogP contribution in [0.1, 0.15) is 40.9 Å². The molecule has 1 amide bonds. The minimum atomic E-state index is -0.164. The summed E-state index contributed by atoms with van der Waals surface area (Å²) in [5.74, 6) is 0.760. The van der Waals surface area contributed by atoms with Crippen LogP contribution < -0.4 is 14.8 Å². The predicted octanol–water partition coefficient (Wildman–Crippen LogP) is 3.18. The van der Waals surface area contributed by atoms with Gasteiger partial charge in [-0.3, -0.25) is 14.5 Å². The standard InChI is InChI=1S/C21H22N2O4/c1-13(24)16-9-19-20(27-12-26-19)10-17(16)22-21(25)11-23(2)18-8-7-14-5-3-4-6-15(14)18/h3-6,9-10,18H,7-8,11-12H2,1-2H3,(H,22,25). The second kappa shape index (κ2) is 7.04. The van der Waals surface area contributed by atoms with Crippen LogP contribution in [0.4, 0.5) is 5.69 Å². The van der Waals surface area contributed by atoms with E-state index in [1.54, 1.807) is 12.1 Å². The molecule has 0 saturated heterocycles. The van der Waals surface area contributed by atoms with Crippen LogP contribution in [-0.4, -0.2) is 37.0 Å². The van der Waals surface area contributed by atoms with E-state index in [4.69, 9.17) is 9.47 Å². The fourth-order valence-corrected chi connectivity index (χ4v) is 3.86. The Labute approximate surface area is 158 Å². The number of amides is 1. The summed E-state index contributed by atoms with van der Waals surface area (Å²) in [6.07, 6.45) is 2.04. The van der Waals surface area contributed by atoms with Gasteiger partial charge in [0.25, 0.3) is 0 Å². The smallest absolute Gasteiger partial charge is 0.238 e. The number of nitrogens with one attached hydrogen (secondary N) is 1. The molecular weight excluding hydrogens is 344 g/mol. The average molecular weight is 366 g/mol. The molecule has 6 heteroatoms. The van der Waals surface area contributed by atoms with Gasteiger partial charge < -0.3 is 14.8 Å². The number of anilines is 1. The van der Waals surface area contributed by atoms with E-state index in [1.807, 2.05) is 13.1 Å². The maximum absolute atomic E-state index is 12.6. The highest BCUT2D eigenvalue weighted by Gasteiger charge is 2.27. The molecule has 1 N–H and O–H groups in total. The van der Waals surface area contributed by atoms with Crippen molar-refractivity contribution < 1.29 is 19.1 Å². The molecule has 0 fully saturated rings. The molecule has 2 aromatic rings. The zero-order valence-corrected chi connectivity index (χ0v) is 15.5. The number of carbonyl (C=O) groups excluding carboxylic acids is 2. The summed E-state index contributed by atoms with van der Waals surface area (Å²) in [6, 6.07) is 11.9. The Kier molecular flexibility index (Phi) is 4.58. The van der Waals surface area contributed by atoms with Gasteiger partial charge in [-0.1, -0.05) is 24.3 Å². The van der Waals surface area contributed by atoms with Crippen LogP contribution in [0.2, 0.25) is 0 Å². The summed E-state index contributed by atoms with van der Waals surface area (Å²) in [6.45, 7) is 1.83. The van der Waals surface area contributed by atoms with Crippen LogP contribution >= 0.6 is 0 Å². The molecular formula is C21H22N2O4. The quantitative estimate of drug-likeness (QED) is 0.823. The molecule has 1 heterocycles. The number of Topliss-reactive ketones (excluding diaryl/α,β-unsaturated/α-hetero) is 1. The molecule has 140 valence electrons. The summed E-state index contributed by atoms with van der Waals surface area (Å²) in [5, 5.41) is 2.86. The largest absolute Gasteiger partial charge is 0.454 e. The summed E-state index contributed by atoms with van der Waals surface area (Å²) in [7, 11) is 1.96. The number of fused-ring (bicyclic) bond motifs is 2. The number of ketones is 1. The normalized spacial score (nSPS) is 17.1. The van der Waals surface area contributed by atoms with E-state index in [2.05, 4.69) is 28.4 Å². The SMILES string of the molecule is CC(=O)c1cc2c(cc1NC(=O)CN(C)C1CCc3ccccc31)OCO2. The van der Waals surface area contributed by atoms with Crippen molar-refractivity contribution in [3.8, 4) is 11.5 Å². The molecule has 2 aromatic carbocycles. The van der Waals surface area contributed by atoms with Crippen molar-refractivity contribution in [2.24, 2.45) is 0 Å². The van der Waals surface area contributed by atoms with Gasteiger partial charge in [0, 0.05) is 17.7 Å². The monoisotopic (exact) mass is 366 g/mol. The molecule has 1 aliphatic carbocycles. The highest BCUT2D eigenvalue weighted by Crippen LogP contribution is 2.38. The maximum atomic E-state index is 12.6. The molecule has 6 nitrogen and oxygen atoms in total. The molecule has 0 aromatic heterocycles. The van der Waals surface area contributed by atoms with E-state index >= 15 is 0 Å². The van der Waals surface area contributed by atoms with Crippen LogP contribution in [0.15, 0.2) is 36.4 Å². The number of rotatable bonds is 5. The van der Waals surface area contributed by atoms with E-state index in [0.717, 1.165) is 12.8 Å². The van der Waals surface area contributed by atoms with Gasteiger partial charge in [-0.2, -0.15) is 0 Å². The van der Waals surface area contributed by atoms with Crippen LogP contribution in [0.25, 0.3) is 0 Å². The van der Waals surface area contributed by atoms with E-state index in [0.29, 0.717) is 22.7 Å². The van der Waals surface area contributed by atoms with Gasteiger partial charge in [0.1, 0.15) is 0 Å². The third kappa shape index (κ3) is 3.40. The first-order chi connectivity index (χ1) is 13.0. The van der Waals surface area contributed by atoms with Crippen molar-refractivity contribution in [1.82, 2.24) is 4.90 Å². The minimum absolute atomic E-state index is 0.119. The Morgan fingerprint density at radius 3 is 2.70 bits per heavy atom. The zero-order valence-electron chi connectivity index (χ0n) is 15.5. The second-order valence-corrected chi connectivity index (χ2v) is 7.02. The third-order valence-corrected chi connectivity index (χ3v) is 5.19. The first-order valence-electron chi connectivity index (χ1n) is 9.05. The molecule has 2 aliphatic rings. The molecule has 27 heavy (non-hydrogen) atoms. The molecule has 1 aliphatic heterocycles. The van der Waals surface area contributed by atoms with Crippen molar-refractivity contribution >= 4 is 17.4 Å². The number of hydrogen-bond donors (Lipinski definition) is 1. The molecule has 4 rings (SSSR count). The summed E-state index contributed by atoms with van der Waals surface area (Å²) < 4.78 is 10.7. The number of hydrogen-bond acceptors (Lipinski definition) is 5. The number of benzene rings is 2. The van der Waals surface area contributed by atoms with Gasteiger partial charge in [0.05, 0.1) is 12.2 Å². The van der Waals surface area contributed by atoms with Crippen LogP contribution in [-0.2, 0) is 11.2 Å². The van der Waals surface area contributed by atoms with E-state index < -0.39 is 0 Å². The highest BCUT2D eigenvalue weighted by molar-refractivity contribution is 6.05. The lowest BCUT2D eigenvalue weighted by atomic mass is 10.1. The number of carbonyl (C=O) groups is 2. The van der Waals surface area contributed by atoms with Gasteiger partial charge in [-0.25, -0.2) is 0 Å². The number of nitrogens with zero attached hydrogens (tertiary/aromatic N) is 1. The first-order valence-corrected chi connectivity index (χ1v) is 9.05. The van der Waals surface area contributed by atoms with Crippen molar-refractivity contribution in [3.05, 3.63) is 53.1 Å². The van der Waals surface area contributed by atoms with Crippen molar-refractivity contribution in [2.75, 3.05) is 25.7 Å². The molecule has 1 atom stereocenters. The van der Waals surface area contributed by atoms with Crippen LogP contribution in [0.5, 0.6) is 11.5 Å². The fourth-order valence-electron chi connectivity index (χ4n) is 3.86. The average Bonchev–Trinajstić information content (AvgIpc) is 3.26. The van der Waals surface area contributed by atoms with Crippen molar-refractivity contribution in [2.45, 2.75) is 25.8 Å². The lowest BCUT2D eigenvalue weighted by Crippen LogP contribution is -2.32. The van der Waals surface area contributed by atoms with Crippen molar-refractivity contribution in [3.63, 3.8) is 0 Å². The lowest BCUT2D eigenvalue weighted by Gasteiger charge is -2.24. The number of aryl methyl sites for hydroxylation is 1. The Morgan fingerprint density at radius 2 is 1.93 bits per heavy atom. The van der Waals surface area contributed by atoms with E-state index in [9.17, 15) is 9.59 Å². The number of ether oxygens (including phenoxy) is 2. The summed E-state index contributed by atoms with van der Waals surface area (Å²) >= 11 is 0. The van der Waals surface area contributed by atoms with E-state index in [-0.39, 0.29) is 31.1 Å². The third-order valence-electron chi connectivity index (χ3n) is 5.19. The predicted molar refractivity (Wildman–Crippen MR) is 101 cm³/mol. The fraction of sp³-hybridized carbons (Fsp3) is 0.333. The van der Waals surface area contributed by atoms with Gasteiger partial charge in [-0.05, 0) is 44.0 Å². The van der Waals surface area contributed by atoms with E-state index in [1.165, 1.54) is 18.1 Å². The van der Waals surface area contributed by atoms with Gasteiger partial charge in [0.15, 0.2) is 17.3 Å². The molecule has 0 saturated carbocycles. The second-order valence-electron chi connectivity index (χ2n) is 7.02. The van der Waals surface area contributed by atoms with Crippen LogP contribution in [0.3, 0.4) is 0 Å². The minimum Gasteiger partial charge on any atom is -0.454 e. The Morgan fingerprint density at radius 1 is 1.19 bits per heavy atom. The number of likely N-dealkylation sites (N-methyl/N-ethyl adjacent to an activating group) is 1. The van der Waals surface area contributed by atoms with Gasteiger partial charge in [-0.15, -0.1) is 0 Å². The molecule has 1 unspecified atom stereocenters. The molecule has 0 spiro atoms. The summed E-state index contributed by atoms with van der Waals surface area (Å²) in [5.41, 5.74) is 3.52. The molecule has 0 bridgehead atoms. The van der Waals surface area contributed by atoms with Crippen LogP contribution in [0, 0.1) is 0 Å². The zero-order chi connectivity index (χ0) is 19.0. The lowest BCUT2D eigenvalue weighted by molar-refractivity contribution is -0.117. The molecule has 0 radical (unpaired) electrons.